The minimum Gasteiger partial charge on any atom is -0.323 e. The lowest BCUT2D eigenvalue weighted by Gasteiger charge is -2.43. The van der Waals surface area contributed by atoms with Crippen LogP contribution < -0.4 is 0 Å². The van der Waals surface area contributed by atoms with Crippen LogP contribution in [0.5, 0.6) is 0 Å². The van der Waals surface area contributed by atoms with Crippen LogP contribution in [0.25, 0.3) is 0 Å². The van der Waals surface area contributed by atoms with Gasteiger partial charge in [-0.2, -0.15) is 0 Å². The van der Waals surface area contributed by atoms with Gasteiger partial charge >= 0.3 is 0 Å². The Kier molecular flexibility index (Phi) is 5.80. The summed E-state index contributed by atoms with van der Waals surface area (Å²) in [6.45, 7) is 2.27. The summed E-state index contributed by atoms with van der Waals surface area (Å²) in [7, 11) is -1.78. The highest BCUT2D eigenvalue weighted by molar-refractivity contribution is 7.65. The van der Waals surface area contributed by atoms with Crippen molar-refractivity contribution in [3.63, 3.8) is 0 Å². The third-order valence-electron chi connectivity index (χ3n) is 5.25. The fourth-order valence-electron chi connectivity index (χ4n) is 4.14. The predicted octanol–water partition coefficient (Wildman–Crippen LogP) is 5.82. The number of unbranched alkanes of at least 4 members (excludes halogenated alkanes) is 5. The van der Waals surface area contributed by atoms with E-state index in [4.69, 9.17) is 0 Å². The summed E-state index contributed by atoms with van der Waals surface area (Å²) in [4.78, 5) is 0. The van der Waals surface area contributed by atoms with Gasteiger partial charge in [0.15, 0.2) is 0 Å². The smallest absolute Gasteiger partial charge is 0.0935 e. The van der Waals surface area contributed by atoms with Gasteiger partial charge in [-0.15, -0.1) is 0 Å². The van der Waals surface area contributed by atoms with E-state index in [9.17, 15) is 4.57 Å². The molecule has 1 nitrogen and oxygen atoms in total. The van der Waals surface area contributed by atoms with Crippen molar-refractivity contribution in [3.8, 4) is 0 Å². The minimum atomic E-state index is -1.78. The number of fused-ring (bicyclic) bond motifs is 2. The molecule has 0 unspecified atom stereocenters. The lowest BCUT2D eigenvalue weighted by atomic mass is 9.99. The van der Waals surface area contributed by atoms with Crippen LogP contribution in [0.1, 0.15) is 84.0 Å². The second-order valence-corrected chi connectivity index (χ2v) is 10.1. The molecule has 2 rings (SSSR count). The molecule has 0 aromatic rings. The quantitative estimate of drug-likeness (QED) is 0.421. The zero-order chi connectivity index (χ0) is 12.8. The zero-order valence-corrected chi connectivity index (χ0v) is 13.1. The molecule has 2 saturated heterocycles. The molecule has 2 heteroatoms. The molecule has 2 aliphatic rings. The lowest BCUT2D eigenvalue weighted by molar-refractivity contribution is 0.428. The van der Waals surface area contributed by atoms with Crippen molar-refractivity contribution in [2.75, 3.05) is 6.16 Å². The normalized spacial score (nSPS) is 35.6. The second-order valence-electron chi connectivity index (χ2n) is 6.51. The molecule has 0 spiro atoms. The van der Waals surface area contributed by atoms with Crippen molar-refractivity contribution in [1.29, 1.82) is 0 Å². The third kappa shape index (κ3) is 3.41. The number of hydrogen-bond donors (Lipinski definition) is 0. The Balaban J connectivity index is 1.74. The van der Waals surface area contributed by atoms with Crippen LogP contribution in [0.2, 0.25) is 0 Å². The van der Waals surface area contributed by atoms with Crippen molar-refractivity contribution >= 4 is 7.14 Å². The minimum absolute atomic E-state index is 0.639. The predicted molar refractivity (Wildman–Crippen MR) is 81.1 cm³/mol. The Hall–Kier alpha value is 0.230. The molecule has 2 heterocycles. The van der Waals surface area contributed by atoms with Gasteiger partial charge < -0.3 is 4.57 Å². The summed E-state index contributed by atoms with van der Waals surface area (Å²) in [5, 5.41) is 0. The summed E-state index contributed by atoms with van der Waals surface area (Å²) in [5.41, 5.74) is 1.28. The van der Waals surface area contributed by atoms with E-state index in [1.54, 1.807) is 0 Å². The number of rotatable bonds is 7. The molecule has 0 aromatic heterocycles. The van der Waals surface area contributed by atoms with Gasteiger partial charge in [0, 0.05) is 17.5 Å². The molecule has 0 radical (unpaired) electrons. The molecular formula is C16H31OP. The molecule has 0 amide bonds. The summed E-state index contributed by atoms with van der Waals surface area (Å²) >= 11 is 0. The van der Waals surface area contributed by atoms with Crippen molar-refractivity contribution in [3.05, 3.63) is 0 Å². The van der Waals surface area contributed by atoms with Crippen LogP contribution >= 0.6 is 7.14 Å². The first kappa shape index (κ1) is 14.6. The Bertz CT molecular complexity index is 261. The van der Waals surface area contributed by atoms with Crippen LogP contribution in [-0.4, -0.2) is 17.5 Å². The highest BCUT2D eigenvalue weighted by Gasteiger charge is 2.44. The van der Waals surface area contributed by atoms with Gasteiger partial charge in [0.2, 0.25) is 0 Å². The molecule has 0 N–H and O–H groups in total. The average Bonchev–Trinajstić information content (AvgIpc) is 2.33. The standard InChI is InChI=1S/C16H31OP/c1-2-3-4-5-6-7-14-18(17)15-10-8-11-16(18)13-9-12-15/h15-16H,2-14H2,1H3. The highest BCUT2D eigenvalue weighted by Crippen LogP contribution is 2.66. The van der Waals surface area contributed by atoms with Gasteiger partial charge in [-0.3, -0.25) is 0 Å². The van der Waals surface area contributed by atoms with Crippen LogP contribution in [0.15, 0.2) is 0 Å². The molecule has 0 atom stereocenters. The van der Waals surface area contributed by atoms with E-state index < -0.39 is 7.14 Å². The first-order chi connectivity index (χ1) is 8.77. The van der Waals surface area contributed by atoms with Gasteiger partial charge in [-0.05, 0) is 32.1 Å². The fourth-order valence-corrected chi connectivity index (χ4v) is 8.67. The summed E-state index contributed by atoms with van der Waals surface area (Å²) in [6.07, 6.45) is 16.9. The maximum absolute atomic E-state index is 13.3. The second kappa shape index (κ2) is 7.13. The van der Waals surface area contributed by atoms with Gasteiger partial charge in [0.1, 0.15) is 0 Å². The molecule has 106 valence electrons. The van der Waals surface area contributed by atoms with E-state index in [0.29, 0.717) is 11.3 Å². The van der Waals surface area contributed by atoms with Crippen LogP contribution in [0.4, 0.5) is 0 Å². The fraction of sp³-hybridized carbons (Fsp3) is 1.00. The van der Waals surface area contributed by atoms with Crippen LogP contribution in [0.3, 0.4) is 0 Å². The monoisotopic (exact) mass is 270 g/mol. The van der Waals surface area contributed by atoms with Crippen molar-refractivity contribution in [1.82, 2.24) is 0 Å². The Morgan fingerprint density at radius 2 is 1.33 bits per heavy atom. The van der Waals surface area contributed by atoms with E-state index in [-0.39, 0.29) is 0 Å². The van der Waals surface area contributed by atoms with Crippen molar-refractivity contribution in [2.45, 2.75) is 95.3 Å². The molecule has 0 aliphatic carbocycles. The molecule has 18 heavy (non-hydrogen) atoms. The van der Waals surface area contributed by atoms with Crippen LogP contribution in [0, 0.1) is 0 Å². The lowest BCUT2D eigenvalue weighted by Crippen LogP contribution is -2.30. The molecule has 0 saturated carbocycles. The van der Waals surface area contributed by atoms with Crippen LogP contribution in [-0.2, 0) is 4.57 Å². The van der Waals surface area contributed by atoms with E-state index in [1.165, 1.54) is 77.0 Å². The number of hydrogen-bond acceptors (Lipinski definition) is 1. The first-order valence-corrected chi connectivity index (χ1v) is 10.4. The van der Waals surface area contributed by atoms with Gasteiger partial charge in [-0.25, -0.2) is 0 Å². The zero-order valence-electron chi connectivity index (χ0n) is 12.2. The SMILES string of the molecule is CCCCCCCCP1(=O)C2CCCC1CCC2. The molecular weight excluding hydrogens is 239 g/mol. The third-order valence-corrected chi connectivity index (χ3v) is 9.77. The molecule has 2 fully saturated rings. The van der Waals surface area contributed by atoms with E-state index in [2.05, 4.69) is 6.92 Å². The largest absolute Gasteiger partial charge is 0.323 e. The maximum atomic E-state index is 13.3. The topological polar surface area (TPSA) is 17.1 Å². The average molecular weight is 270 g/mol. The van der Waals surface area contributed by atoms with E-state index in [1.807, 2.05) is 0 Å². The Morgan fingerprint density at radius 3 is 1.89 bits per heavy atom. The van der Waals surface area contributed by atoms with Gasteiger partial charge in [0.25, 0.3) is 0 Å². The highest BCUT2D eigenvalue weighted by atomic mass is 31.2. The molecule has 2 aliphatic heterocycles. The van der Waals surface area contributed by atoms with Gasteiger partial charge in [-0.1, -0.05) is 51.9 Å². The summed E-state index contributed by atoms with van der Waals surface area (Å²) < 4.78 is 13.3. The maximum Gasteiger partial charge on any atom is 0.0935 e. The van der Waals surface area contributed by atoms with E-state index >= 15 is 0 Å². The van der Waals surface area contributed by atoms with Gasteiger partial charge in [0.05, 0.1) is 7.14 Å². The Labute approximate surface area is 113 Å². The van der Waals surface area contributed by atoms with E-state index in [0.717, 1.165) is 6.16 Å². The summed E-state index contributed by atoms with van der Waals surface area (Å²) in [6, 6.07) is 0. The molecule has 0 aromatic carbocycles. The van der Waals surface area contributed by atoms with Crippen molar-refractivity contribution in [2.24, 2.45) is 0 Å². The Morgan fingerprint density at radius 1 is 0.833 bits per heavy atom. The van der Waals surface area contributed by atoms with Crippen molar-refractivity contribution < 1.29 is 4.57 Å². The summed E-state index contributed by atoms with van der Waals surface area (Å²) in [5.74, 6) is 0. The molecule has 2 bridgehead atoms. The first-order valence-electron chi connectivity index (χ1n) is 8.36.